The molecule has 0 saturated heterocycles. The molecule has 0 amide bonds. The standard InChI is InChI=1S/C7H15NO/c1-4-6-9-7-8(3)5-2/h4H,1,5-7H2,2-3H3. The summed E-state index contributed by atoms with van der Waals surface area (Å²) in [4.78, 5) is 2.09. The number of rotatable bonds is 5. The van der Waals surface area contributed by atoms with Crippen LogP contribution in [-0.2, 0) is 4.74 Å². The molecule has 0 heterocycles. The van der Waals surface area contributed by atoms with Crippen LogP contribution in [0, 0.1) is 0 Å². The van der Waals surface area contributed by atoms with E-state index in [0.29, 0.717) is 13.3 Å². The number of nitrogens with zero attached hydrogens (tertiary/aromatic N) is 1. The highest BCUT2D eigenvalue weighted by atomic mass is 16.5. The molecule has 0 spiro atoms. The van der Waals surface area contributed by atoms with Crippen LogP contribution in [0.3, 0.4) is 0 Å². The maximum atomic E-state index is 5.14. The lowest BCUT2D eigenvalue weighted by molar-refractivity contribution is 0.0632. The molecule has 2 nitrogen and oxygen atoms in total. The van der Waals surface area contributed by atoms with Crippen molar-refractivity contribution in [3.63, 3.8) is 0 Å². The van der Waals surface area contributed by atoms with Gasteiger partial charge in [0.2, 0.25) is 0 Å². The van der Waals surface area contributed by atoms with Crippen LogP contribution in [0.1, 0.15) is 6.92 Å². The maximum Gasteiger partial charge on any atom is 0.0991 e. The first kappa shape index (κ1) is 8.66. The molecule has 0 aliphatic carbocycles. The average molecular weight is 129 g/mol. The van der Waals surface area contributed by atoms with Crippen LogP contribution in [0.2, 0.25) is 0 Å². The molecule has 0 aliphatic rings. The monoisotopic (exact) mass is 129 g/mol. The number of ether oxygens (including phenoxy) is 1. The maximum absolute atomic E-state index is 5.14. The lowest BCUT2D eigenvalue weighted by atomic mass is 10.6. The van der Waals surface area contributed by atoms with E-state index in [2.05, 4.69) is 18.4 Å². The molecule has 0 aromatic heterocycles. The van der Waals surface area contributed by atoms with Gasteiger partial charge < -0.3 is 4.74 Å². The largest absolute Gasteiger partial charge is 0.362 e. The third-order valence-electron chi connectivity index (χ3n) is 1.09. The molecule has 9 heavy (non-hydrogen) atoms. The Hall–Kier alpha value is -0.340. The average Bonchev–Trinajstić information content (AvgIpc) is 1.89. The van der Waals surface area contributed by atoms with Gasteiger partial charge >= 0.3 is 0 Å². The molecule has 0 aromatic rings. The summed E-state index contributed by atoms with van der Waals surface area (Å²) in [6, 6.07) is 0. The highest BCUT2D eigenvalue weighted by molar-refractivity contribution is 4.63. The Morgan fingerprint density at radius 1 is 1.67 bits per heavy atom. The Kier molecular flexibility index (Phi) is 5.57. The Labute approximate surface area is 57.1 Å². The second kappa shape index (κ2) is 5.79. The third-order valence-corrected chi connectivity index (χ3v) is 1.09. The van der Waals surface area contributed by atoms with Gasteiger partial charge in [-0.25, -0.2) is 0 Å². The summed E-state index contributed by atoms with van der Waals surface area (Å²) < 4.78 is 5.14. The van der Waals surface area contributed by atoms with Crippen molar-refractivity contribution in [2.75, 3.05) is 26.9 Å². The Bertz CT molecular complexity index is 73.3. The minimum Gasteiger partial charge on any atom is -0.362 e. The second-order valence-electron chi connectivity index (χ2n) is 1.96. The van der Waals surface area contributed by atoms with Gasteiger partial charge in [0.05, 0.1) is 13.3 Å². The SMILES string of the molecule is C=CCOCN(C)CC. The van der Waals surface area contributed by atoms with E-state index in [4.69, 9.17) is 4.74 Å². The molecule has 0 N–H and O–H groups in total. The molecule has 0 rings (SSSR count). The highest BCUT2D eigenvalue weighted by Gasteiger charge is 1.89. The molecule has 54 valence electrons. The van der Waals surface area contributed by atoms with Crippen LogP contribution in [0.25, 0.3) is 0 Å². The van der Waals surface area contributed by atoms with E-state index in [9.17, 15) is 0 Å². The quantitative estimate of drug-likeness (QED) is 0.313. The predicted molar refractivity (Wildman–Crippen MR) is 39.3 cm³/mol. The first-order chi connectivity index (χ1) is 4.31. The molecular formula is C7H15NO. The Morgan fingerprint density at radius 3 is 2.78 bits per heavy atom. The van der Waals surface area contributed by atoms with Crippen molar-refractivity contribution in [3.8, 4) is 0 Å². The molecule has 0 fully saturated rings. The summed E-state index contributed by atoms with van der Waals surface area (Å²) in [5.74, 6) is 0. The first-order valence-electron chi connectivity index (χ1n) is 3.18. The minimum absolute atomic E-state index is 0.643. The van der Waals surface area contributed by atoms with Crippen molar-refractivity contribution in [2.45, 2.75) is 6.92 Å². The van der Waals surface area contributed by atoms with Crippen molar-refractivity contribution in [1.29, 1.82) is 0 Å². The molecule has 0 bridgehead atoms. The Balaban J connectivity index is 2.96. The molecular weight excluding hydrogens is 114 g/mol. The predicted octanol–water partition coefficient (Wildman–Crippen LogP) is 1.10. The van der Waals surface area contributed by atoms with Gasteiger partial charge in [-0.15, -0.1) is 6.58 Å². The van der Waals surface area contributed by atoms with Gasteiger partial charge in [-0.3, -0.25) is 4.90 Å². The van der Waals surface area contributed by atoms with Crippen LogP contribution in [0.5, 0.6) is 0 Å². The van der Waals surface area contributed by atoms with Crippen LogP contribution >= 0.6 is 0 Å². The highest BCUT2D eigenvalue weighted by Crippen LogP contribution is 1.81. The lowest BCUT2D eigenvalue weighted by Crippen LogP contribution is -2.20. The fourth-order valence-corrected chi connectivity index (χ4v) is 0.383. The molecule has 0 radical (unpaired) electrons. The second-order valence-corrected chi connectivity index (χ2v) is 1.96. The minimum atomic E-state index is 0.643. The van der Waals surface area contributed by atoms with E-state index in [-0.39, 0.29) is 0 Å². The summed E-state index contributed by atoms with van der Waals surface area (Å²) in [5.41, 5.74) is 0. The summed E-state index contributed by atoms with van der Waals surface area (Å²) in [7, 11) is 2.02. The molecule has 0 unspecified atom stereocenters. The van der Waals surface area contributed by atoms with Crippen LogP contribution in [0.15, 0.2) is 12.7 Å². The van der Waals surface area contributed by atoms with Crippen LogP contribution in [0.4, 0.5) is 0 Å². The molecule has 0 aliphatic heterocycles. The fraction of sp³-hybridized carbons (Fsp3) is 0.714. The topological polar surface area (TPSA) is 12.5 Å². The van der Waals surface area contributed by atoms with Gasteiger partial charge in [-0.2, -0.15) is 0 Å². The molecule has 0 atom stereocenters. The zero-order chi connectivity index (χ0) is 7.11. The van der Waals surface area contributed by atoms with Crippen molar-refractivity contribution in [1.82, 2.24) is 4.90 Å². The van der Waals surface area contributed by atoms with E-state index in [0.717, 1.165) is 6.54 Å². The van der Waals surface area contributed by atoms with E-state index in [1.807, 2.05) is 7.05 Å². The zero-order valence-corrected chi connectivity index (χ0v) is 6.26. The van der Waals surface area contributed by atoms with Gasteiger partial charge in [0.1, 0.15) is 0 Å². The van der Waals surface area contributed by atoms with Crippen molar-refractivity contribution < 1.29 is 4.74 Å². The summed E-state index contributed by atoms with van der Waals surface area (Å²) >= 11 is 0. The Morgan fingerprint density at radius 2 is 2.33 bits per heavy atom. The number of hydrogen-bond donors (Lipinski definition) is 0. The van der Waals surface area contributed by atoms with E-state index < -0.39 is 0 Å². The molecule has 0 saturated carbocycles. The van der Waals surface area contributed by atoms with Crippen molar-refractivity contribution in [3.05, 3.63) is 12.7 Å². The van der Waals surface area contributed by atoms with E-state index in [1.54, 1.807) is 6.08 Å². The van der Waals surface area contributed by atoms with E-state index >= 15 is 0 Å². The summed E-state index contributed by atoms with van der Waals surface area (Å²) in [6.45, 7) is 8.00. The smallest absolute Gasteiger partial charge is 0.0991 e. The van der Waals surface area contributed by atoms with E-state index in [1.165, 1.54) is 0 Å². The van der Waals surface area contributed by atoms with Gasteiger partial charge in [0, 0.05) is 0 Å². The molecule has 0 aromatic carbocycles. The summed E-state index contributed by atoms with van der Waals surface area (Å²) in [6.07, 6.45) is 1.75. The van der Waals surface area contributed by atoms with Crippen molar-refractivity contribution >= 4 is 0 Å². The van der Waals surface area contributed by atoms with Gasteiger partial charge in [-0.05, 0) is 13.6 Å². The fourth-order valence-electron chi connectivity index (χ4n) is 0.383. The summed E-state index contributed by atoms with van der Waals surface area (Å²) in [5, 5.41) is 0. The van der Waals surface area contributed by atoms with Gasteiger partial charge in [0.25, 0.3) is 0 Å². The van der Waals surface area contributed by atoms with Gasteiger partial charge in [0.15, 0.2) is 0 Å². The first-order valence-corrected chi connectivity index (χ1v) is 3.18. The zero-order valence-electron chi connectivity index (χ0n) is 6.26. The lowest BCUT2D eigenvalue weighted by Gasteiger charge is -2.12. The molecule has 2 heteroatoms. The van der Waals surface area contributed by atoms with Crippen molar-refractivity contribution in [2.24, 2.45) is 0 Å². The number of hydrogen-bond acceptors (Lipinski definition) is 2. The van der Waals surface area contributed by atoms with Gasteiger partial charge in [-0.1, -0.05) is 13.0 Å². The normalized spacial score (nSPS) is 10.1. The van der Waals surface area contributed by atoms with Crippen LogP contribution < -0.4 is 0 Å². The third kappa shape index (κ3) is 5.53. The van der Waals surface area contributed by atoms with Crippen LogP contribution in [-0.4, -0.2) is 31.8 Å².